The number of benzene rings is 2. The number of ether oxygens (including phenoxy) is 1. The molecule has 0 atom stereocenters. The number of phenolic OH excluding ortho intramolecular Hbond substituents is 1. The standard InChI is InChI=1S/C19H16F3N3O3/c1-11-6-7-14(15(26)8-11)23-18(27)17-16(28-2)10-25(24-17)13-5-3-4-12(9-13)19(20,21)22/h3-10,26H,1-2H3,(H,23,27). The first-order valence-corrected chi connectivity index (χ1v) is 8.11. The molecule has 6 nitrogen and oxygen atoms in total. The predicted octanol–water partition coefficient (Wildman–Crippen LogP) is 4.17. The number of alkyl halides is 3. The van der Waals surface area contributed by atoms with Crippen LogP contribution in [-0.2, 0) is 6.18 Å². The highest BCUT2D eigenvalue weighted by Gasteiger charge is 2.30. The summed E-state index contributed by atoms with van der Waals surface area (Å²) in [6.45, 7) is 1.78. The van der Waals surface area contributed by atoms with Crippen LogP contribution in [0.15, 0.2) is 48.7 Å². The first kappa shape index (κ1) is 19.3. The number of hydrogen-bond donors (Lipinski definition) is 2. The summed E-state index contributed by atoms with van der Waals surface area (Å²) in [5.41, 5.74) is 0.119. The van der Waals surface area contributed by atoms with Gasteiger partial charge in [0.15, 0.2) is 11.4 Å². The largest absolute Gasteiger partial charge is 0.506 e. The lowest BCUT2D eigenvalue weighted by atomic mass is 10.2. The summed E-state index contributed by atoms with van der Waals surface area (Å²) in [4.78, 5) is 12.5. The Hall–Kier alpha value is -3.49. The number of aromatic hydroxyl groups is 1. The number of aromatic nitrogens is 2. The maximum atomic E-state index is 12.9. The van der Waals surface area contributed by atoms with Crippen LogP contribution >= 0.6 is 0 Å². The Kier molecular flexibility index (Phi) is 5.00. The highest BCUT2D eigenvalue weighted by molar-refractivity contribution is 6.05. The summed E-state index contributed by atoms with van der Waals surface area (Å²) in [5, 5.41) is 16.5. The molecular formula is C19H16F3N3O3. The number of rotatable bonds is 4. The average Bonchev–Trinajstić information content (AvgIpc) is 3.08. The number of carbonyl (C=O) groups excluding carboxylic acids is 1. The van der Waals surface area contributed by atoms with Gasteiger partial charge in [0.05, 0.1) is 30.2 Å². The number of carbonyl (C=O) groups is 1. The van der Waals surface area contributed by atoms with Gasteiger partial charge < -0.3 is 15.2 Å². The third kappa shape index (κ3) is 3.93. The first-order valence-electron chi connectivity index (χ1n) is 8.11. The second kappa shape index (κ2) is 7.26. The van der Waals surface area contributed by atoms with Gasteiger partial charge in [-0.25, -0.2) is 4.68 Å². The molecule has 3 aromatic rings. The highest BCUT2D eigenvalue weighted by Crippen LogP contribution is 2.31. The maximum Gasteiger partial charge on any atom is 0.416 e. The van der Waals surface area contributed by atoms with Crippen LogP contribution in [0, 0.1) is 6.92 Å². The van der Waals surface area contributed by atoms with Gasteiger partial charge in [0.25, 0.3) is 5.91 Å². The minimum atomic E-state index is -4.50. The van der Waals surface area contributed by atoms with E-state index in [1.807, 2.05) is 0 Å². The van der Waals surface area contributed by atoms with Gasteiger partial charge >= 0.3 is 6.18 Å². The van der Waals surface area contributed by atoms with Crippen LogP contribution in [0.5, 0.6) is 11.5 Å². The van der Waals surface area contributed by atoms with Gasteiger partial charge in [-0.05, 0) is 42.8 Å². The van der Waals surface area contributed by atoms with Crippen LogP contribution in [0.2, 0.25) is 0 Å². The summed E-state index contributed by atoms with van der Waals surface area (Å²) in [6.07, 6.45) is -3.20. The predicted molar refractivity (Wildman–Crippen MR) is 95.9 cm³/mol. The number of hydrogen-bond acceptors (Lipinski definition) is 4. The molecule has 1 amide bonds. The molecule has 9 heteroatoms. The number of phenols is 1. The fourth-order valence-corrected chi connectivity index (χ4v) is 2.55. The van der Waals surface area contributed by atoms with Gasteiger partial charge in [-0.3, -0.25) is 4.79 Å². The molecule has 2 aromatic carbocycles. The molecule has 2 N–H and O–H groups in total. The molecule has 1 aromatic heterocycles. The molecule has 0 unspecified atom stereocenters. The summed E-state index contributed by atoms with van der Waals surface area (Å²) < 4.78 is 45.0. The molecule has 0 bridgehead atoms. The van der Waals surface area contributed by atoms with Crippen molar-refractivity contribution in [3.05, 3.63) is 65.5 Å². The van der Waals surface area contributed by atoms with E-state index in [9.17, 15) is 23.1 Å². The highest BCUT2D eigenvalue weighted by atomic mass is 19.4. The van der Waals surface area contributed by atoms with E-state index >= 15 is 0 Å². The van der Waals surface area contributed by atoms with Crippen LogP contribution in [0.1, 0.15) is 21.6 Å². The third-order valence-electron chi connectivity index (χ3n) is 3.96. The molecule has 0 radical (unpaired) electrons. The van der Waals surface area contributed by atoms with Crippen molar-refractivity contribution in [3.8, 4) is 17.2 Å². The zero-order chi connectivity index (χ0) is 20.5. The molecule has 0 saturated heterocycles. The quantitative estimate of drug-likeness (QED) is 0.655. The summed E-state index contributed by atoms with van der Waals surface area (Å²) in [6, 6.07) is 9.24. The SMILES string of the molecule is COc1cn(-c2cccc(C(F)(F)F)c2)nc1C(=O)Nc1ccc(C)cc1O. The van der Waals surface area contributed by atoms with Crippen LogP contribution in [0.3, 0.4) is 0 Å². The van der Waals surface area contributed by atoms with E-state index in [1.54, 1.807) is 13.0 Å². The van der Waals surface area contributed by atoms with Crippen molar-refractivity contribution >= 4 is 11.6 Å². The molecule has 0 aliphatic rings. The molecule has 0 fully saturated rings. The van der Waals surface area contributed by atoms with Crippen molar-refractivity contribution in [2.75, 3.05) is 12.4 Å². The normalized spacial score (nSPS) is 11.3. The minimum Gasteiger partial charge on any atom is -0.506 e. The fourth-order valence-electron chi connectivity index (χ4n) is 2.55. The smallest absolute Gasteiger partial charge is 0.416 e. The minimum absolute atomic E-state index is 0.0708. The topological polar surface area (TPSA) is 76.4 Å². The lowest BCUT2D eigenvalue weighted by Gasteiger charge is -2.08. The van der Waals surface area contributed by atoms with Crippen LogP contribution in [0.4, 0.5) is 18.9 Å². The number of nitrogens with zero attached hydrogens (tertiary/aromatic N) is 2. The molecule has 0 saturated carbocycles. The van der Waals surface area contributed by atoms with E-state index in [-0.39, 0.29) is 28.6 Å². The Balaban J connectivity index is 1.93. The van der Waals surface area contributed by atoms with Crippen molar-refractivity contribution < 1.29 is 27.8 Å². The van der Waals surface area contributed by atoms with Gasteiger partial charge in [0.2, 0.25) is 0 Å². The molecule has 0 spiro atoms. The molecule has 0 aliphatic carbocycles. The van der Waals surface area contributed by atoms with Gasteiger partial charge in [0.1, 0.15) is 5.75 Å². The third-order valence-corrected chi connectivity index (χ3v) is 3.96. The number of halogens is 3. The molecule has 146 valence electrons. The number of anilines is 1. The van der Waals surface area contributed by atoms with Crippen LogP contribution in [-0.4, -0.2) is 27.9 Å². The maximum absolute atomic E-state index is 12.9. The van der Waals surface area contributed by atoms with Crippen molar-refractivity contribution in [1.29, 1.82) is 0 Å². The Morgan fingerprint density at radius 3 is 2.61 bits per heavy atom. The van der Waals surface area contributed by atoms with Gasteiger partial charge in [-0.1, -0.05) is 12.1 Å². The molecule has 3 rings (SSSR count). The van der Waals surface area contributed by atoms with E-state index in [0.717, 1.165) is 22.4 Å². The zero-order valence-electron chi connectivity index (χ0n) is 14.9. The second-order valence-corrected chi connectivity index (χ2v) is 6.01. The van der Waals surface area contributed by atoms with E-state index in [2.05, 4.69) is 10.4 Å². The molecular weight excluding hydrogens is 375 g/mol. The Bertz CT molecular complexity index is 1030. The van der Waals surface area contributed by atoms with Crippen LogP contribution < -0.4 is 10.1 Å². The summed E-state index contributed by atoms with van der Waals surface area (Å²) >= 11 is 0. The van der Waals surface area contributed by atoms with Crippen molar-refractivity contribution in [1.82, 2.24) is 9.78 Å². The molecule has 1 heterocycles. The average molecular weight is 391 g/mol. The van der Waals surface area contributed by atoms with E-state index < -0.39 is 17.6 Å². The fraction of sp³-hybridized carbons (Fsp3) is 0.158. The number of nitrogens with one attached hydrogen (secondary N) is 1. The Labute approximate surface area is 158 Å². The van der Waals surface area contributed by atoms with E-state index in [0.29, 0.717) is 0 Å². The van der Waals surface area contributed by atoms with E-state index in [4.69, 9.17) is 4.74 Å². The molecule has 28 heavy (non-hydrogen) atoms. The van der Waals surface area contributed by atoms with Crippen molar-refractivity contribution in [2.24, 2.45) is 0 Å². The number of aryl methyl sites for hydroxylation is 1. The Morgan fingerprint density at radius 1 is 1.21 bits per heavy atom. The van der Waals surface area contributed by atoms with Gasteiger partial charge in [-0.15, -0.1) is 0 Å². The van der Waals surface area contributed by atoms with Crippen LogP contribution in [0.25, 0.3) is 5.69 Å². The zero-order valence-corrected chi connectivity index (χ0v) is 14.9. The number of methoxy groups -OCH3 is 1. The lowest BCUT2D eigenvalue weighted by Crippen LogP contribution is -2.14. The summed E-state index contributed by atoms with van der Waals surface area (Å²) in [5.74, 6) is -0.729. The van der Waals surface area contributed by atoms with Crippen molar-refractivity contribution in [2.45, 2.75) is 13.1 Å². The lowest BCUT2D eigenvalue weighted by molar-refractivity contribution is -0.137. The van der Waals surface area contributed by atoms with Gasteiger partial charge in [-0.2, -0.15) is 18.3 Å². The number of amides is 1. The Morgan fingerprint density at radius 2 is 1.96 bits per heavy atom. The monoisotopic (exact) mass is 391 g/mol. The van der Waals surface area contributed by atoms with Gasteiger partial charge in [0, 0.05) is 0 Å². The van der Waals surface area contributed by atoms with E-state index in [1.165, 1.54) is 37.6 Å². The second-order valence-electron chi connectivity index (χ2n) is 6.01. The summed E-state index contributed by atoms with van der Waals surface area (Å²) in [7, 11) is 1.31. The molecule has 0 aliphatic heterocycles. The first-order chi connectivity index (χ1) is 13.2. The van der Waals surface area contributed by atoms with Crippen molar-refractivity contribution in [3.63, 3.8) is 0 Å².